The Kier molecular flexibility index (Phi) is 1.33. The first kappa shape index (κ1) is 6.69. The van der Waals surface area contributed by atoms with Crippen molar-refractivity contribution in [3.8, 4) is 0 Å². The molecule has 0 nitrogen and oxygen atoms in total. The Hall–Kier alpha value is 0. The fraction of sp³-hybridized carbons (Fsp3) is 1.00. The fourth-order valence-corrected chi connectivity index (χ4v) is 3.41. The zero-order valence-electron chi connectivity index (χ0n) is 7.30. The molecule has 3 aliphatic carbocycles. The third-order valence-electron chi connectivity index (χ3n) is 3.74. The zero-order valence-corrected chi connectivity index (χ0v) is 7.30. The first-order valence-corrected chi connectivity index (χ1v) is 4.88. The van der Waals surface area contributed by atoms with Crippen molar-refractivity contribution in [1.29, 1.82) is 0 Å². The Morgan fingerprint density at radius 3 is 1.90 bits per heavy atom. The van der Waals surface area contributed by atoms with Crippen LogP contribution in [0.1, 0.15) is 33.6 Å². The van der Waals surface area contributed by atoms with Gasteiger partial charge in [0.1, 0.15) is 0 Å². The predicted molar refractivity (Wildman–Crippen MR) is 43.7 cm³/mol. The van der Waals surface area contributed by atoms with Crippen molar-refractivity contribution in [2.75, 3.05) is 0 Å². The smallest absolute Gasteiger partial charge is 0.0321 e. The molecule has 0 radical (unpaired) electrons. The van der Waals surface area contributed by atoms with Crippen LogP contribution in [0.15, 0.2) is 0 Å². The van der Waals surface area contributed by atoms with E-state index in [4.69, 9.17) is 0 Å². The fourth-order valence-electron chi connectivity index (χ4n) is 3.41. The Morgan fingerprint density at radius 1 is 1.00 bits per heavy atom. The minimum absolute atomic E-state index is 1.11. The van der Waals surface area contributed by atoms with Gasteiger partial charge in [-0.1, -0.05) is 20.8 Å². The molecular formula is C10H18. The van der Waals surface area contributed by atoms with Gasteiger partial charge in [0.05, 0.1) is 0 Å². The Balaban J connectivity index is 0.000000188. The second kappa shape index (κ2) is 1.99. The minimum atomic E-state index is 1.11. The number of rotatable bonds is 0. The molecule has 3 rings (SSSR count). The van der Waals surface area contributed by atoms with Crippen LogP contribution in [0.3, 0.4) is 0 Å². The third kappa shape index (κ3) is 0.580. The number of hydrogen-bond acceptors (Lipinski definition) is 0. The molecule has 3 saturated carbocycles. The summed E-state index contributed by atoms with van der Waals surface area (Å²) in [6, 6.07) is 0. The Labute approximate surface area is 64.0 Å². The lowest BCUT2D eigenvalue weighted by molar-refractivity contribution is 0.239. The molecule has 0 amide bonds. The van der Waals surface area contributed by atoms with E-state index in [0.29, 0.717) is 0 Å². The molecule has 0 aromatic carbocycles. The maximum atomic E-state index is 2.44. The molecule has 3 fully saturated rings. The molecule has 0 bridgehead atoms. The van der Waals surface area contributed by atoms with Gasteiger partial charge in [0.15, 0.2) is 0 Å². The summed E-state index contributed by atoms with van der Waals surface area (Å²) in [7, 11) is 0. The lowest BCUT2D eigenvalue weighted by Crippen LogP contribution is -2.17. The summed E-state index contributed by atoms with van der Waals surface area (Å²) in [5.41, 5.74) is 0. The van der Waals surface area contributed by atoms with Gasteiger partial charge in [-0.25, -0.2) is 0 Å². The topological polar surface area (TPSA) is 0 Å². The average Bonchev–Trinajstić information content (AvgIpc) is 2.46. The summed E-state index contributed by atoms with van der Waals surface area (Å²) in [4.78, 5) is 0. The van der Waals surface area contributed by atoms with Crippen LogP contribution >= 0.6 is 0 Å². The van der Waals surface area contributed by atoms with Crippen molar-refractivity contribution < 1.29 is 0 Å². The molecule has 0 N–H and O–H groups in total. The molecule has 0 spiro atoms. The van der Waals surface area contributed by atoms with Crippen LogP contribution in [0, 0.1) is 29.6 Å². The standard InChI is InChI=1S/C8H12.C2H6/c1-4-2-5-3-6-7(4)8(5)6;1-2/h4-8H,2-3H2,1H3;1-2H3. The average molecular weight is 138 g/mol. The third-order valence-corrected chi connectivity index (χ3v) is 3.74. The van der Waals surface area contributed by atoms with Gasteiger partial charge in [0, 0.05) is 0 Å². The van der Waals surface area contributed by atoms with E-state index < -0.39 is 0 Å². The molecule has 5 atom stereocenters. The summed E-state index contributed by atoms with van der Waals surface area (Å²) < 4.78 is 0. The van der Waals surface area contributed by atoms with Crippen LogP contribution in [-0.4, -0.2) is 0 Å². The summed E-state index contributed by atoms with van der Waals surface area (Å²) in [5.74, 6) is 6.04. The second-order valence-electron chi connectivity index (χ2n) is 4.03. The van der Waals surface area contributed by atoms with Gasteiger partial charge in [0.25, 0.3) is 0 Å². The van der Waals surface area contributed by atoms with Gasteiger partial charge in [0.2, 0.25) is 0 Å². The second-order valence-corrected chi connectivity index (χ2v) is 4.03. The minimum Gasteiger partial charge on any atom is -0.0683 e. The Bertz CT molecular complexity index is 137. The van der Waals surface area contributed by atoms with Crippen LogP contribution in [0.5, 0.6) is 0 Å². The number of fused-ring (bicyclic) bond motifs is 1. The molecule has 0 heterocycles. The highest BCUT2D eigenvalue weighted by Crippen LogP contribution is 2.74. The van der Waals surface area contributed by atoms with Crippen molar-refractivity contribution in [3.63, 3.8) is 0 Å². The molecule has 0 heteroatoms. The highest BCUT2D eigenvalue weighted by atomic mass is 14.7. The van der Waals surface area contributed by atoms with E-state index in [-0.39, 0.29) is 0 Å². The molecule has 10 heavy (non-hydrogen) atoms. The van der Waals surface area contributed by atoms with Crippen LogP contribution in [-0.2, 0) is 0 Å². The summed E-state index contributed by atoms with van der Waals surface area (Å²) in [5, 5.41) is 0. The molecule has 3 aliphatic rings. The van der Waals surface area contributed by atoms with Crippen LogP contribution in [0.4, 0.5) is 0 Å². The highest BCUT2D eigenvalue weighted by molar-refractivity contribution is 5.16. The van der Waals surface area contributed by atoms with E-state index in [1.807, 2.05) is 13.8 Å². The summed E-state index contributed by atoms with van der Waals surface area (Å²) in [6.07, 6.45) is 3.19. The lowest BCUT2D eigenvalue weighted by atomic mass is 9.79. The molecule has 58 valence electrons. The van der Waals surface area contributed by atoms with Crippen molar-refractivity contribution >= 4 is 0 Å². The van der Waals surface area contributed by atoms with Crippen molar-refractivity contribution in [2.45, 2.75) is 33.6 Å². The molecule has 5 unspecified atom stereocenters. The molecule has 0 aromatic rings. The van der Waals surface area contributed by atoms with Gasteiger partial charge in [-0.2, -0.15) is 0 Å². The normalized spacial score (nSPS) is 59.7. The maximum Gasteiger partial charge on any atom is -0.0321 e. The van der Waals surface area contributed by atoms with Crippen molar-refractivity contribution in [2.24, 2.45) is 29.6 Å². The first-order chi connectivity index (χ1) is 4.88. The predicted octanol–water partition coefficient (Wildman–Crippen LogP) is 2.93. The lowest BCUT2D eigenvalue weighted by Gasteiger charge is -2.26. The van der Waals surface area contributed by atoms with E-state index in [9.17, 15) is 0 Å². The van der Waals surface area contributed by atoms with E-state index in [0.717, 1.165) is 5.92 Å². The first-order valence-electron chi connectivity index (χ1n) is 4.88. The summed E-state index contributed by atoms with van der Waals surface area (Å²) in [6.45, 7) is 6.44. The molecular weight excluding hydrogens is 120 g/mol. The quantitative estimate of drug-likeness (QED) is 0.483. The largest absolute Gasteiger partial charge is 0.0683 e. The van der Waals surface area contributed by atoms with Gasteiger partial charge >= 0.3 is 0 Å². The number of hydrogen-bond donors (Lipinski definition) is 0. The van der Waals surface area contributed by atoms with E-state index in [2.05, 4.69) is 6.92 Å². The zero-order chi connectivity index (χ0) is 7.30. The van der Waals surface area contributed by atoms with Crippen molar-refractivity contribution in [1.82, 2.24) is 0 Å². The van der Waals surface area contributed by atoms with Crippen LogP contribution in [0.2, 0.25) is 0 Å². The summed E-state index contributed by atoms with van der Waals surface area (Å²) >= 11 is 0. The van der Waals surface area contributed by atoms with E-state index in [1.54, 1.807) is 12.8 Å². The molecule has 0 aliphatic heterocycles. The molecule has 0 aromatic heterocycles. The van der Waals surface area contributed by atoms with Crippen molar-refractivity contribution in [3.05, 3.63) is 0 Å². The van der Waals surface area contributed by atoms with E-state index in [1.165, 1.54) is 23.7 Å². The SMILES string of the molecule is CC.CC1CC2CC3C1C23. The molecule has 0 saturated heterocycles. The maximum absolute atomic E-state index is 2.44. The van der Waals surface area contributed by atoms with Gasteiger partial charge in [-0.15, -0.1) is 0 Å². The van der Waals surface area contributed by atoms with Crippen LogP contribution in [0.25, 0.3) is 0 Å². The van der Waals surface area contributed by atoms with Gasteiger partial charge in [-0.3, -0.25) is 0 Å². The van der Waals surface area contributed by atoms with Crippen LogP contribution < -0.4 is 0 Å². The highest BCUT2D eigenvalue weighted by Gasteiger charge is 2.68. The van der Waals surface area contributed by atoms with Gasteiger partial charge in [-0.05, 0) is 42.4 Å². The van der Waals surface area contributed by atoms with Gasteiger partial charge < -0.3 is 0 Å². The van der Waals surface area contributed by atoms with E-state index >= 15 is 0 Å². The Morgan fingerprint density at radius 2 is 1.70 bits per heavy atom. The monoisotopic (exact) mass is 138 g/mol.